The first kappa shape index (κ1) is 29.4. The second-order valence-corrected chi connectivity index (χ2v) is 8.65. The lowest BCUT2D eigenvalue weighted by Gasteiger charge is -2.13. The highest BCUT2D eigenvalue weighted by Gasteiger charge is 2.22. The summed E-state index contributed by atoms with van der Waals surface area (Å²) in [5.41, 5.74) is 0. The fourth-order valence-corrected chi connectivity index (χ4v) is 3.76. The van der Waals surface area contributed by atoms with E-state index in [-0.39, 0.29) is 13.0 Å². The van der Waals surface area contributed by atoms with Crippen molar-refractivity contribution in [3.8, 4) is 0 Å². The Hall–Kier alpha value is -1.58. The van der Waals surface area contributed by atoms with Crippen molar-refractivity contribution in [2.24, 2.45) is 5.92 Å². The van der Waals surface area contributed by atoms with Gasteiger partial charge in [-0.15, -0.1) is 0 Å². The van der Waals surface area contributed by atoms with Crippen molar-refractivity contribution in [1.82, 2.24) is 0 Å². The Kier molecular flexibility index (Phi) is 21.9. The van der Waals surface area contributed by atoms with Gasteiger partial charge < -0.3 is 9.84 Å². The summed E-state index contributed by atoms with van der Waals surface area (Å²) in [6.07, 6.45) is 26.8. The Bertz CT molecular complexity index is 470. The Morgan fingerprint density at radius 3 is 1.77 bits per heavy atom. The molecule has 1 atom stereocenters. The fraction of sp³-hybridized carbons (Fsp3) is 0.778. The van der Waals surface area contributed by atoms with Gasteiger partial charge in [0.2, 0.25) is 0 Å². The molecular formula is C27H48O4. The number of carboxylic acids is 1. The fourth-order valence-electron chi connectivity index (χ4n) is 3.76. The molecule has 0 bridgehead atoms. The van der Waals surface area contributed by atoms with Crippen molar-refractivity contribution in [2.75, 3.05) is 6.61 Å². The summed E-state index contributed by atoms with van der Waals surface area (Å²) in [5, 5.41) is 8.98. The van der Waals surface area contributed by atoms with Gasteiger partial charge in [-0.05, 0) is 32.1 Å². The maximum atomic E-state index is 11.9. The third-order valence-corrected chi connectivity index (χ3v) is 5.66. The standard InChI is InChI=1S/C27H48O4/c1-3-5-6-7-8-9-10-11-12-13-14-15-16-17-18-19-20-21-22-25(24-26(28)29)27(30)31-23-4-2/h4,13-14,25H,2-3,5-12,15-24H2,1H3,(H,28,29)/b14-13+. The lowest BCUT2D eigenvalue weighted by molar-refractivity contribution is -0.152. The molecule has 0 saturated carbocycles. The number of carboxylic acid groups (broad SMARTS) is 1. The van der Waals surface area contributed by atoms with Gasteiger partial charge in [-0.2, -0.15) is 0 Å². The lowest BCUT2D eigenvalue weighted by Crippen LogP contribution is -2.21. The summed E-state index contributed by atoms with van der Waals surface area (Å²) in [5.74, 6) is -1.90. The van der Waals surface area contributed by atoms with Gasteiger partial charge in [-0.3, -0.25) is 9.59 Å². The zero-order valence-corrected chi connectivity index (χ0v) is 20.1. The predicted octanol–water partition coefficient (Wildman–Crippen LogP) is 8.01. The Balaban J connectivity index is 3.52. The van der Waals surface area contributed by atoms with Gasteiger partial charge in [0.1, 0.15) is 6.61 Å². The van der Waals surface area contributed by atoms with Crippen LogP contribution in [0.4, 0.5) is 0 Å². The zero-order valence-electron chi connectivity index (χ0n) is 20.1. The molecule has 0 spiro atoms. The molecule has 1 N–H and O–H groups in total. The van der Waals surface area contributed by atoms with Crippen molar-refractivity contribution in [3.63, 3.8) is 0 Å². The molecule has 0 saturated heterocycles. The maximum Gasteiger partial charge on any atom is 0.309 e. The van der Waals surface area contributed by atoms with Crippen LogP contribution in [0.5, 0.6) is 0 Å². The second kappa shape index (κ2) is 23.1. The Labute approximate surface area is 191 Å². The van der Waals surface area contributed by atoms with E-state index < -0.39 is 17.9 Å². The van der Waals surface area contributed by atoms with E-state index in [0.717, 1.165) is 19.3 Å². The number of aliphatic carboxylic acids is 1. The highest BCUT2D eigenvalue weighted by atomic mass is 16.5. The first-order valence-electron chi connectivity index (χ1n) is 12.8. The van der Waals surface area contributed by atoms with Crippen molar-refractivity contribution in [3.05, 3.63) is 24.8 Å². The lowest BCUT2D eigenvalue weighted by atomic mass is 9.97. The molecule has 0 fully saturated rings. The van der Waals surface area contributed by atoms with Crippen LogP contribution in [-0.2, 0) is 14.3 Å². The summed E-state index contributed by atoms with van der Waals surface area (Å²) in [6, 6.07) is 0. The van der Waals surface area contributed by atoms with E-state index in [0.29, 0.717) is 6.42 Å². The summed E-state index contributed by atoms with van der Waals surface area (Å²) < 4.78 is 5.01. The van der Waals surface area contributed by atoms with E-state index in [2.05, 4.69) is 25.7 Å². The molecule has 180 valence electrons. The summed E-state index contributed by atoms with van der Waals surface area (Å²) in [6.45, 7) is 5.91. The molecule has 0 aliphatic rings. The number of carbonyl (C=O) groups excluding carboxylic acids is 1. The van der Waals surface area contributed by atoms with Gasteiger partial charge in [-0.25, -0.2) is 0 Å². The number of carbonyl (C=O) groups is 2. The third-order valence-electron chi connectivity index (χ3n) is 5.66. The SMILES string of the molecule is C=CCOC(=O)C(CCCCCCCC/C=C/CCCCCCCCCC)CC(=O)O. The molecule has 0 aliphatic carbocycles. The molecular weight excluding hydrogens is 388 g/mol. The van der Waals surface area contributed by atoms with Crippen molar-refractivity contribution in [2.45, 2.75) is 122 Å². The molecule has 0 aliphatic heterocycles. The monoisotopic (exact) mass is 436 g/mol. The molecule has 0 aromatic carbocycles. The summed E-state index contributed by atoms with van der Waals surface area (Å²) in [7, 11) is 0. The number of rotatable bonds is 23. The normalized spacial score (nSPS) is 12.2. The van der Waals surface area contributed by atoms with Crippen LogP contribution in [0.25, 0.3) is 0 Å². The molecule has 4 heteroatoms. The van der Waals surface area contributed by atoms with E-state index in [9.17, 15) is 9.59 Å². The van der Waals surface area contributed by atoms with Crippen molar-refractivity contribution in [1.29, 1.82) is 0 Å². The molecule has 0 aromatic rings. The van der Waals surface area contributed by atoms with Crippen molar-refractivity contribution < 1.29 is 19.4 Å². The van der Waals surface area contributed by atoms with Gasteiger partial charge in [0.25, 0.3) is 0 Å². The van der Waals surface area contributed by atoms with Crippen LogP contribution in [-0.4, -0.2) is 23.7 Å². The zero-order chi connectivity index (χ0) is 23.0. The average molecular weight is 437 g/mol. The Morgan fingerprint density at radius 1 is 0.806 bits per heavy atom. The van der Waals surface area contributed by atoms with Crippen LogP contribution in [0.3, 0.4) is 0 Å². The topological polar surface area (TPSA) is 63.6 Å². The predicted molar refractivity (Wildman–Crippen MR) is 130 cm³/mol. The largest absolute Gasteiger partial charge is 0.481 e. The molecule has 1 unspecified atom stereocenters. The number of esters is 1. The number of hydrogen-bond acceptors (Lipinski definition) is 3. The molecule has 0 aromatic heterocycles. The van der Waals surface area contributed by atoms with E-state index in [1.165, 1.54) is 89.5 Å². The van der Waals surface area contributed by atoms with Gasteiger partial charge in [0.15, 0.2) is 0 Å². The van der Waals surface area contributed by atoms with E-state index in [4.69, 9.17) is 9.84 Å². The van der Waals surface area contributed by atoms with Crippen LogP contribution in [0.2, 0.25) is 0 Å². The molecule has 31 heavy (non-hydrogen) atoms. The summed E-state index contributed by atoms with van der Waals surface area (Å²) >= 11 is 0. The summed E-state index contributed by atoms with van der Waals surface area (Å²) in [4.78, 5) is 22.9. The molecule has 0 heterocycles. The first-order valence-corrected chi connectivity index (χ1v) is 12.8. The molecule has 0 amide bonds. The molecule has 4 nitrogen and oxygen atoms in total. The quantitative estimate of drug-likeness (QED) is 0.100. The van der Waals surface area contributed by atoms with Gasteiger partial charge in [0, 0.05) is 0 Å². The molecule has 0 rings (SSSR count). The van der Waals surface area contributed by atoms with E-state index in [1.54, 1.807) is 0 Å². The van der Waals surface area contributed by atoms with E-state index >= 15 is 0 Å². The van der Waals surface area contributed by atoms with Crippen LogP contribution in [0.15, 0.2) is 24.8 Å². The van der Waals surface area contributed by atoms with Crippen molar-refractivity contribution >= 4 is 11.9 Å². The minimum atomic E-state index is -0.948. The number of hydrogen-bond donors (Lipinski definition) is 1. The Morgan fingerprint density at radius 2 is 1.29 bits per heavy atom. The maximum absolute atomic E-state index is 11.9. The highest BCUT2D eigenvalue weighted by molar-refractivity contribution is 5.79. The first-order chi connectivity index (χ1) is 15.1. The van der Waals surface area contributed by atoms with Gasteiger partial charge >= 0.3 is 11.9 Å². The van der Waals surface area contributed by atoms with Crippen LogP contribution >= 0.6 is 0 Å². The second-order valence-electron chi connectivity index (χ2n) is 8.65. The highest BCUT2D eigenvalue weighted by Crippen LogP contribution is 2.17. The molecule has 0 radical (unpaired) electrons. The smallest absolute Gasteiger partial charge is 0.309 e. The number of unbranched alkanes of at least 4 members (excludes halogenated alkanes) is 14. The minimum Gasteiger partial charge on any atom is -0.481 e. The van der Waals surface area contributed by atoms with Gasteiger partial charge in [-0.1, -0.05) is 109 Å². The number of allylic oxidation sites excluding steroid dienone is 2. The van der Waals surface area contributed by atoms with Gasteiger partial charge in [0.05, 0.1) is 12.3 Å². The average Bonchev–Trinajstić information content (AvgIpc) is 2.75. The minimum absolute atomic E-state index is 0.141. The van der Waals surface area contributed by atoms with Crippen LogP contribution < -0.4 is 0 Å². The van der Waals surface area contributed by atoms with Crippen LogP contribution in [0, 0.1) is 5.92 Å². The third kappa shape index (κ3) is 21.4. The van der Waals surface area contributed by atoms with E-state index in [1.807, 2.05) is 0 Å². The van der Waals surface area contributed by atoms with Crippen LogP contribution in [0.1, 0.15) is 122 Å². The number of ether oxygens (including phenoxy) is 1.